The molecular weight excluding hydrogens is 444 g/mol. The molecule has 32 heavy (non-hydrogen) atoms. The number of thiophene rings is 1. The van der Waals surface area contributed by atoms with Gasteiger partial charge in [0.05, 0.1) is 11.1 Å². The minimum absolute atomic E-state index is 0.00848. The van der Waals surface area contributed by atoms with E-state index in [4.69, 9.17) is 0 Å². The third-order valence-corrected chi connectivity index (χ3v) is 7.80. The zero-order chi connectivity index (χ0) is 21.9. The molecule has 2 N–H and O–H groups in total. The highest BCUT2D eigenvalue weighted by atomic mass is 32.2. The fourth-order valence-electron chi connectivity index (χ4n) is 4.07. The van der Waals surface area contributed by atoms with Crippen molar-refractivity contribution in [1.82, 2.24) is 29.9 Å². The smallest absolute Gasteiger partial charge is 0.259 e. The Morgan fingerprint density at radius 3 is 3.09 bits per heavy atom. The number of fused-ring (bicyclic) bond motifs is 4. The molecule has 0 aromatic carbocycles. The van der Waals surface area contributed by atoms with Crippen LogP contribution in [0.3, 0.4) is 0 Å². The Morgan fingerprint density at radius 1 is 1.25 bits per heavy atom. The molecule has 10 heteroatoms. The Hall–Kier alpha value is -2.72. The number of aromatic amines is 1. The molecular formula is C22H24N6O2S2. The lowest BCUT2D eigenvalue weighted by Gasteiger charge is -2.09. The van der Waals surface area contributed by atoms with Gasteiger partial charge in [0, 0.05) is 36.2 Å². The van der Waals surface area contributed by atoms with Crippen LogP contribution in [0.25, 0.3) is 15.9 Å². The van der Waals surface area contributed by atoms with Crippen molar-refractivity contribution in [3.63, 3.8) is 0 Å². The number of nitrogens with one attached hydrogen (secondary N) is 2. The van der Waals surface area contributed by atoms with E-state index in [1.807, 2.05) is 28.8 Å². The molecule has 4 aromatic heterocycles. The van der Waals surface area contributed by atoms with E-state index in [1.165, 1.54) is 16.9 Å². The average Bonchev–Trinajstić information content (AvgIpc) is 3.38. The molecule has 0 atom stereocenters. The van der Waals surface area contributed by atoms with Crippen LogP contribution in [0.5, 0.6) is 0 Å². The number of amides is 1. The number of aryl methyl sites for hydroxylation is 2. The number of pyridine rings is 1. The van der Waals surface area contributed by atoms with Gasteiger partial charge in [0.1, 0.15) is 16.5 Å². The molecule has 0 saturated carbocycles. The van der Waals surface area contributed by atoms with Crippen molar-refractivity contribution >= 4 is 44.9 Å². The summed E-state index contributed by atoms with van der Waals surface area (Å²) in [5, 5.41) is 12.0. The van der Waals surface area contributed by atoms with Crippen LogP contribution >= 0.6 is 23.1 Å². The topological polar surface area (TPSA) is 105 Å². The Kier molecular flexibility index (Phi) is 6.22. The number of rotatable bonds is 8. The van der Waals surface area contributed by atoms with Gasteiger partial charge in [0.2, 0.25) is 5.91 Å². The van der Waals surface area contributed by atoms with Gasteiger partial charge in [-0.05, 0) is 43.4 Å². The van der Waals surface area contributed by atoms with Crippen molar-refractivity contribution in [3.05, 3.63) is 56.8 Å². The summed E-state index contributed by atoms with van der Waals surface area (Å²) in [7, 11) is 0. The van der Waals surface area contributed by atoms with Crippen molar-refractivity contribution in [2.45, 2.75) is 44.3 Å². The predicted molar refractivity (Wildman–Crippen MR) is 127 cm³/mol. The van der Waals surface area contributed by atoms with Crippen LogP contribution in [0.4, 0.5) is 0 Å². The number of hydrogen-bond acceptors (Lipinski definition) is 7. The minimum atomic E-state index is -0.0243. The molecule has 0 aliphatic heterocycles. The maximum Gasteiger partial charge on any atom is 0.259 e. The first-order chi connectivity index (χ1) is 15.7. The highest BCUT2D eigenvalue weighted by molar-refractivity contribution is 7.98. The molecule has 166 valence electrons. The molecule has 8 nitrogen and oxygen atoms in total. The van der Waals surface area contributed by atoms with Crippen molar-refractivity contribution < 1.29 is 4.79 Å². The number of thioether (sulfide) groups is 1. The lowest BCUT2D eigenvalue weighted by atomic mass is 9.97. The summed E-state index contributed by atoms with van der Waals surface area (Å²) in [6.45, 7) is 0.522. The maximum absolute atomic E-state index is 12.6. The van der Waals surface area contributed by atoms with Crippen molar-refractivity contribution in [2.75, 3.05) is 12.3 Å². The van der Waals surface area contributed by atoms with E-state index >= 15 is 0 Å². The second kappa shape index (κ2) is 9.41. The summed E-state index contributed by atoms with van der Waals surface area (Å²) in [6.07, 6.45) is 7.35. The standard InChI is InChI=1S/C22H24N6O2S2/c29-19(23-10-8-18-27-26-17-7-3-4-11-28(17)18)9-12-31-13-16-24-21(30)20-14-5-1-2-6-15(14)32-22(20)25-16/h3-4,7,11H,1-2,5-6,8-10,12-13H2,(H,23,29)(H,24,25,30). The molecule has 0 saturated heterocycles. The van der Waals surface area contributed by atoms with Crippen LogP contribution in [0.2, 0.25) is 0 Å². The first-order valence-corrected chi connectivity index (χ1v) is 12.8. The molecule has 1 amide bonds. The average molecular weight is 469 g/mol. The summed E-state index contributed by atoms with van der Waals surface area (Å²) in [6, 6.07) is 5.76. The van der Waals surface area contributed by atoms with Gasteiger partial charge in [0.15, 0.2) is 5.65 Å². The molecule has 4 aromatic rings. The molecule has 1 aliphatic carbocycles. The minimum Gasteiger partial charge on any atom is -0.356 e. The zero-order valence-electron chi connectivity index (χ0n) is 17.6. The number of carbonyl (C=O) groups excluding carboxylic acids is 1. The third-order valence-electron chi connectivity index (χ3n) is 5.64. The summed E-state index contributed by atoms with van der Waals surface area (Å²) in [4.78, 5) is 34.6. The van der Waals surface area contributed by atoms with Crippen LogP contribution in [0, 0.1) is 0 Å². The Balaban J connectivity index is 1.08. The lowest BCUT2D eigenvalue weighted by molar-refractivity contribution is -0.120. The number of aromatic nitrogens is 5. The molecule has 0 radical (unpaired) electrons. The molecule has 1 aliphatic rings. The lowest BCUT2D eigenvalue weighted by Crippen LogP contribution is -2.26. The van der Waals surface area contributed by atoms with E-state index in [0.717, 1.165) is 41.0 Å². The van der Waals surface area contributed by atoms with Crippen LogP contribution in [-0.4, -0.2) is 42.8 Å². The Labute approximate surface area is 192 Å². The fourth-order valence-corrected chi connectivity index (χ4v) is 6.16. The van der Waals surface area contributed by atoms with Crippen LogP contribution < -0.4 is 10.9 Å². The summed E-state index contributed by atoms with van der Waals surface area (Å²) in [5.41, 5.74) is 1.99. The molecule has 0 bridgehead atoms. The van der Waals surface area contributed by atoms with Crippen molar-refractivity contribution in [3.8, 4) is 0 Å². The quantitative estimate of drug-likeness (QED) is 0.385. The monoisotopic (exact) mass is 468 g/mol. The SMILES string of the molecule is O=C(CCSCc1nc2sc3c(c2c(=O)[nH]1)CCCC3)NCCc1nnc2ccccn12. The number of hydrogen-bond donors (Lipinski definition) is 2. The van der Waals surface area contributed by atoms with E-state index < -0.39 is 0 Å². The predicted octanol–water partition coefficient (Wildman–Crippen LogP) is 2.89. The third kappa shape index (κ3) is 4.42. The maximum atomic E-state index is 12.6. The Morgan fingerprint density at radius 2 is 2.16 bits per heavy atom. The normalized spacial score (nSPS) is 13.5. The second-order valence-electron chi connectivity index (χ2n) is 7.85. The number of H-pyrrole nitrogens is 1. The highest BCUT2D eigenvalue weighted by Gasteiger charge is 2.19. The van der Waals surface area contributed by atoms with E-state index in [9.17, 15) is 9.59 Å². The Bertz CT molecular complexity index is 1330. The van der Waals surface area contributed by atoms with Crippen LogP contribution in [-0.2, 0) is 29.8 Å². The van der Waals surface area contributed by atoms with E-state index in [0.29, 0.717) is 36.7 Å². The number of nitrogens with zero attached hydrogens (tertiary/aromatic N) is 4. The van der Waals surface area contributed by atoms with E-state index in [2.05, 4.69) is 25.5 Å². The van der Waals surface area contributed by atoms with Gasteiger partial charge < -0.3 is 10.3 Å². The molecule has 0 fully saturated rings. The van der Waals surface area contributed by atoms with E-state index in [1.54, 1.807) is 23.1 Å². The molecule has 4 heterocycles. The first kappa shape index (κ1) is 21.1. The van der Waals surface area contributed by atoms with E-state index in [-0.39, 0.29) is 11.5 Å². The molecule has 0 spiro atoms. The van der Waals surface area contributed by atoms with Gasteiger partial charge in [-0.25, -0.2) is 4.98 Å². The highest BCUT2D eigenvalue weighted by Crippen LogP contribution is 2.33. The number of carbonyl (C=O) groups is 1. The zero-order valence-corrected chi connectivity index (χ0v) is 19.2. The van der Waals surface area contributed by atoms with Crippen molar-refractivity contribution in [1.29, 1.82) is 0 Å². The van der Waals surface area contributed by atoms with Gasteiger partial charge in [-0.1, -0.05) is 6.07 Å². The largest absolute Gasteiger partial charge is 0.356 e. The van der Waals surface area contributed by atoms with Gasteiger partial charge in [-0.15, -0.1) is 21.5 Å². The molecule has 0 unspecified atom stereocenters. The summed E-state index contributed by atoms with van der Waals surface area (Å²) >= 11 is 3.27. The van der Waals surface area contributed by atoms with Gasteiger partial charge in [-0.3, -0.25) is 14.0 Å². The van der Waals surface area contributed by atoms with Crippen LogP contribution in [0.15, 0.2) is 29.2 Å². The summed E-state index contributed by atoms with van der Waals surface area (Å²) in [5.74, 6) is 2.78. The van der Waals surface area contributed by atoms with Gasteiger partial charge >= 0.3 is 0 Å². The fraction of sp³-hybridized carbons (Fsp3) is 0.409. The van der Waals surface area contributed by atoms with Gasteiger partial charge in [-0.2, -0.15) is 11.8 Å². The molecule has 5 rings (SSSR count). The van der Waals surface area contributed by atoms with Gasteiger partial charge in [0.25, 0.3) is 5.56 Å². The second-order valence-corrected chi connectivity index (χ2v) is 10.0. The summed E-state index contributed by atoms with van der Waals surface area (Å²) < 4.78 is 1.93. The van der Waals surface area contributed by atoms with Crippen LogP contribution in [0.1, 0.15) is 41.4 Å². The van der Waals surface area contributed by atoms with Crippen molar-refractivity contribution in [2.24, 2.45) is 0 Å². The first-order valence-electron chi connectivity index (χ1n) is 10.9.